The van der Waals surface area contributed by atoms with Gasteiger partial charge in [-0.2, -0.15) is 0 Å². The van der Waals surface area contributed by atoms with Crippen LogP contribution in [0.1, 0.15) is 66.4 Å². The van der Waals surface area contributed by atoms with Gasteiger partial charge >= 0.3 is 11.9 Å². The summed E-state index contributed by atoms with van der Waals surface area (Å²) in [6, 6.07) is 13.2. The van der Waals surface area contributed by atoms with E-state index in [2.05, 4.69) is 10.6 Å². The third-order valence-electron chi connectivity index (χ3n) is 6.73. The minimum Gasteiger partial charge on any atom is -0.507 e. The Kier molecular flexibility index (Phi) is 7.99. The second-order valence-electron chi connectivity index (χ2n) is 9.49. The molecule has 1 aliphatic carbocycles. The van der Waals surface area contributed by atoms with Crippen molar-refractivity contribution in [3.05, 3.63) is 106 Å². The van der Waals surface area contributed by atoms with Gasteiger partial charge in [-0.05, 0) is 62.4 Å². The molecule has 0 aromatic heterocycles. The first kappa shape index (κ1) is 29.7. The van der Waals surface area contributed by atoms with Crippen molar-refractivity contribution in [2.75, 3.05) is 23.8 Å². The van der Waals surface area contributed by atoms with Gasteiger partial charge in [-0.15, -0.1) is 0 Å². The Morgan fingerprint density at radius 1 is 0.659 bits per heavy atom. The molecule has 4 aromatic carbocycles. The van der Waals surface area contributed by atoms with Gasteiger partial charge in [0.25, 0.3) is 0 Å². The standard InChI is InChI=1S/C32H24F2N2O8/c1-3-43-31(41)15-7-5-9-17(13-15)35-27-25(33)23-24(30(40)22-20(38)12-11-19(37)21(22)29(23)39)26(34)28(27)36-18-10-6-8-16(14-18)32(42)44-4-2/h5-14,35-38H,3-4H2,1-2H3. The van der Waals surface area contributed by atoms with Crippen LogP contribution in [0.3, 0.4) is 0 Å². The van der Waals surface area contributed by atoms with Gasteiger partial charge in [0.2, 0.25) is 11.6 Å². The van der Waals surface area contributed by atoms with E-state index in [1.807, 2.05) is 0 Å². The van der Waals surface area contributed by atoms with Gasteiger partial charge in [0.15, 0.2) is 11.6 Å². The van der Waals surface area contributed by atoms with Gasteiger partial charge in [-0.3, -0.25) is 9.59 Å². The summed E-state index contributed by atoms with van der Waals surface area (Å²) in [5, 5.41) is 26.0. The fraction of sp³-hybridized carbons (Fsp3) is 0.125. The highest BCUT2D eigenvalue weighted by molar-refractivity contribution is 6.31. The monoisotopic (exact) mass is 602 g/mol. The Labute approximate surface area is 248 Å². The summed E-state index contributed by atoms with van der Waals surface area (Å²) in [6.07, 6.45) is 0. The lowest BCUT2D eigenvalue weighted by atomic mass is 9.81. The average molecular weight is 603 g/mol. The highest BCUT2D eigenvalue weighted by atomic mass is 19.1. The maximum absolute atomic E-state index is 16.5. The van der Waals surface area contributed by atoms with Crippen molar-refractivity contribution in [2.45, 2.75) is 13.8 Å². The summed E-state index contributed by atoms with van der Waals surface area (Å²) >= 11 is 0. The predicted molar refractivity (Wildman–Crippen MR) is 154 cm³/mol. The number of hydrogen-bond acceptors (Lipinski definition) is 10. The SMILES string of the molecule is CCOC(=O)c1cccc(Nc2c(F)c3c(c(F)c2Nc2cccc(C(=O)OCC)c2)C(=O)c2c(O)ccc(O)c2C3=O)c1. The molecule has 224 valence electrons. The number of ether oxygens (including phenoxy) is 2. The summed E-state index contributed by atoms with van der Waals surface area (Å²) in [5.41, 5.74) is -4.22. The molecule has 0 amide bonds. The van der Waals surface area contributed by atoms with Gasteiger partial charge in [0, 0.05) is 11.4 Å². The van der Waals surface area contributed by atoms with Crippen LogP contribution in [-0.2, 0) is 9.47 Å². The lowest BCUT2D eigenvalue weighted by molar-refractivity contribution is 0.0517. The van der Waals surface area contributed by atoms with Crippen LogP contribution < -0.4 is 10.6 Å². The summed E-state index contributed by atoms with van der Waals surface area (Å²) in [6.45, 7) is 3.43. The normalized spacial score (nSPS) is 11.8. The smallest absolute Gasteiger partial charge is 0.338 e. The number of ketones is 2. The van der Waals surface area contributed by atoms with Crippen LogP contribution in [0.5, 0.6) is 11.5 Å². The number of rotatable bonds is 8. The minimum absolute atomic E-state index is 0.0904. The van der Waals surface area contributed by atoms with Gasteiger partial charge in [0.1, 0.15) is 22.9 Å². The van der Waals surface area contributed by atoms with Crippen LogP contribution >= 0.6 is 0 Å². The second kappa shape index (κ2) is 11.8. The molecule has 1 aliphatic rings. The van der Waals surface area contributed by atoms with Crippen molar-refractivity contribution < 1.29 is 47.6 Å². The highest BCUT2D eigenvalue weighted by Crippen LogP contribution is 2.45. The molecule has 0 fully saturated rings. The molecule has 4 aromatic rings. The van der Waals surface area contributed by atoms with E-state index in [1.165, 1.54) is 48.5 Å². The summed E-state index contributed by atoms with van der Waals surface area (Å²) in [4.78, 5) is 51.6. The molecular formula is C32H24F2N2O8. The maximum atomic E-state index is 16.5. The molecule has 0 radical (unpaired) electrons. The first-order valence-electron chi connectivity index (χ1n) is 13.3. The van der Waals surface area contributed by atoms with E-state index in [-0.39, 0.29) is 35.7 Å². The van der Waals surface area contributed by atoms with Gasteiger partial charge < -0.3 is 30.3 Å². The maximum Gasteiger partial charge on any atom is 0.338 e. The number of phenolic OH excluding ortho intramolecular Hbond substituents is 2. The molecule has 4 N–H and O–H groups in total. The molecule has 0 saturated heterocycles. The Morgan fingerprint density at radius 3 is 1.41 bits per heavy atom. The zero-order valence-corrected chi connectivity index (χ0v) is 23.3. The molecule has 0 unspecified atom stereocenters. The summed E-state index contributed by atoms with van der Waals surface area (Å²) < 4.78 is 42.9. The number of aromatic hydroxyl groups is 2. The van der Waals surface area contributed by atoms with Gasteiger partial charge in [0.05, 0.1) is 46.6 Å². The second-order valence-corrected chi connectivity index (χ2v) is 9.49. The number of carbonyl (C=O) groups is 4. The van der Waals surface area contributed by atoms with E-state index in [0.29, 0.717) is 0 Å². The largest absolute Gasteiger partial charge is 0.507 e. The zero-order valence-electron chi connectivity index (χ0n) is 23.3. The predicted octanol–water partition coefficient (Wildman–Crippen LogP) is 5.99. The van der Waals surface area contributed by atoms with Gasteiger partial charge in [-0.25, -0.2) is 18.4 Å². The number of carbonyl (C=O) groups excluding carboxylic acids is 4. The van der Waals surface area contributed by atoms with Crippen LogP contribution in [0.4, 0.5) is 31.5 Å². The molecule has 0 atom stereocenters. The Balaban J connectivity index is 1.71. The molecule has 5 rings (SSSR count). The highest BCUT2D eigenvalue weighted by Gasteiger charge is 2.41. The minimum atomic E-state index is -1.36. The molecule has 10 nitrogen and oxygen atoms in total. The van der Waals surface area contributed by atoms with Crippen LogP contribution in [0.2, 0.25) is 0 Å². The number of hydrogen-bond donors (Lipinski definition) is 4. The quantitative estimate of drug-likeness (QED) is 0.123. The molecule has 12 heteroatoms. The molecule has 0 saturated carbocycles. The molecule has 0 heterocycles. The molecular weight excluding hydrogens is 578 g/mol. The van der Waals surface area contributed by atoms with Crippen LogP contribution in [0.25, 0.3) is 0 Å². The van der Waals surface area contributed by atoms with Crippen LogP contribution in [-0.4, -0.2) is 46.9 Å². The Morgan fingerprint density at radius 2 is 1.05 bits per heavy atom. The summed E-state index contributed by atoms with van der Waals surface area (Å²) in [7, 11) is 0. The average Bonchev–Trinajstić information content (AvgIpc) is 3.01. The number of esters is 2. The van der Waals surface area contributed by atoms with Crippen molar-refractivity contribution in [3.8, 4) is 11.5 Å². The first-order chi connectivity index (χ1) is 21.1. The molecule has 0 spiro atoms. The Bertz CT molecular complexity index is 1740. The lowest BCUT2D eigenvalue weighted by Crippen LogP contribution is -2.26. The Hall–Kier alpha value is -5.78. The fourth-order valence-corrected chi connectivity index (χ4v) is 4.81. The zero-order chi connectivity index (χ0) is 31.7. The third-order valence-corrected chi connectivity index (χ3v) is 6.73. The molecule has 44 heavy (non-hydrogen) atoms. The van der Waals surface area contributed by atoms with E-state index < -0.39 is 80.3 Å². The van der Waals surface area contributed by atoms with Gasteiger partial charge in [-0.1, -0.05) is 12.1 Å². The number of fused-ring (bicyclic) bond motifs is 2. The van der Waals surface area contributed by atoms with Crippen molar-refractivity contribution in [1.82, 2.24) is 0 Å². The number of halogens is 2. The summed E-state index contributed by atoms with van der Waals surface area (Å²) in [5.74, 6) is -7.97. The number of benzene rings is 4. The number of phenols is 2. The van der Waals surface area contributed by atoms with Crippen LogP contribution in [0.15, 0.2) is 60.7 Å². The van der Waals surface area contributed by atoms with E-state index in [4.69, 9.17) is 9.47 Å². The lowest BCUT2D eigenvalue weighted by Gasteiger charge is -2.25. The third kappa shape index (κ3) is 5.17. The molecule has 0 aliphatic heterocycles. The van der Waals surface area contributed by atoms with E-state index in [9.17, 15) is 29.4 Å². The number of anilines is 4. The van der Waals surface area contributed by atoms with Crippen molar-refractivity contribution in [2.24, 2.45) is 0 Å². The number of nitrogens with one attached hydrogen (secondary N) is 2. The van der Waals surface area contributed by atoms with Crippen molar-refractivity contribution in [1.29, 1.82) is 0 Å². The van der Waals surface area contributed by atoms with E-state index in [0.717, 1.165) is 12.1 Å². The molecule has 0 bridgehead atoms. The first-order valence-corrected chi connectivity index (χ1v) is 13.3. The topological polar surface area (TPSA) is 151 Å². The van der Waals surface area contributed by atoms with Crippen LogP contribution in [0, 0.1) is 11.6 Å². The van der Waals surface area contributed by atoms with Crippen molar-refractivity contribution >= 4 is 46.3 Å². The van der Waals surface area contributed by atoms with E-state index >= 15 is 8.78 Å². The van der Waals surface area contributed by atoms with E-state index in [1.54, 1.807) is 13.8 Å². The van der Waals surface area contributed by atoms with Crippen molar-refractivity contribution in [3.63, 3.8) is 0 Å². The fourth-order valence-electron chi connectivity index (χ4n) is 4.81.